The predicted octanol–water partition coefficient (Wildman–Crippen LogP) is 2.57. The number of rotatable bonds is 6. The van der Waals surface area contributed by atoms with Crippen molar-refractivity contribution in [3.63, 3.8) is 0 Å². The molecule has 1 atom stereocenters. The number of carbonyl (C=O) groups excluding carboxylic acids is 2. The molecule has 0 aliphatic heterocycles. The van der Waals surface area contributed by atoms with Gasteiger partial charge in [0.2, 0.25) is 0 Å². The lowest BCUT2D eigenvalue weighted by Crippen LogP contribution is -2.35. The van der Waals surface area contributed by atoms with Crippen LogP contribution in [-0.2, 0) is 14.3 Å². The summed E-state index contributed by atoms with van der Waals surface area (Å²) >= 11 is 0. The summed E-state index contributed by atoms with van der Waals surface area (Å²) in [6.07, 6.45) is 2.16. The molecule has 2 rings (SSSR count). The minimum Gasteiger partial charge on any atom is -0.449 e. The van der Waals surface area contributed by atoms with Crippen molar-refractivity contribution in [1.82, 2.24) is 15.1 Å². The van der Waals surface area contributed by atoms with Gasteiger partial charge in [0.15, 0.2) is 6.10 Å². The Morgan fingerprint density at radius 2 is 1.96 bits per heavy atom. The van der Waals surface area contributed by atoms with Crippen molar-refractivity contribution in [2.24, 2.45) is 0 Å². The average molecular weight is 341 g/mol. The smallest absolute Gasteiger partial charge is 0.331 e. The highest BCUT2D eigenvalue weighted by molar-refractivity contribution is 5.90. The van der Waals surface area contributed by atoms with E-state index in [4.69, 9.17) is 4.74 Å². The van der Waals surface area contributed by atoms with Crippen molar-refractivity contribution in [3.8, 4) is 5.69 Å². The highest BCUT2D eigenvalue weighted by Crippen LogP contribution is 2.19. The quantitative estimate of drug-likeness (QED) is 0.647. The number of nitrogens with one attached hydrogen (secondary N) is 1. The van der Waals surface area contributed by atoms with Crippen molar-refractivity contribution >= 4 is 18.0 Å². The summed E-state index contributed by atoms with van der Waals surface area (Å²) in [6.45, 7) is 7.67. The van der Waals surface area contributed by atoms with Crippen molar-refractivity contribution in [2.75, 3.05) is 6.54 Å². The third kappa shape index (κ3) is 4.56. The van der Waals surface area contributed by atoms with E-state index in [1.807, 2.05) is 55.8 Å². The van der Waals surface area contributed by atoms with Gasteiger partial charge in [0, 0.05) is 23.9 Å². The summed E-state index contributed by atoms with van der Waals surface area (Å²) in [6, 6.07) is 9.77. The summed E-state index contributed by atoms with van der Waals surface area (Å²) in [5.74, 6) is -0.876. The van der Waals surface area contributed by atoms with E-state index >= 15 is 0 Å². The van der Waals surface area contributed by atoms with E-state index in [9.17, 15) is 9.59 Å². The Morgan fingerprint density at radius 1 is 1.28 bits per heavy atom. The van der Waals surface area contributed by atoms with Crippen LogP contribution in [-0.4, -0.2) is 34.3 Å². The summed E-state index contributed by atoms with van der Waals surface area (Å²) in [4.78, 5) is 23.5. The van der Waals surface area contributed by atoms with Crippen molar-refractivity contribution < 1.29 is 14.3 Å². The maximum absolute atomic E-state index is 11.9. The number of benzene rings is 1. The fraction of sp³-hybridized carbons (Fsp3) is 0.316. The molecule has 0 radical (unpaired) electrons. The van der Waals surface area contributed by atoms with Crippen LogP contribution in [0.2, 0.25) is 0 Å². The molecular formula is C19H23N3O3. The van der Waals surface area contributed by atoms with Gasteiger partial charge in [-0.3, -0.25) is 4.79 Å². The van der Waals surface area contributed by atoms with Gasteiger partial charge in [-0.25, -0.2) is 9.48 Å². The van der Waals surface area contributed by atoms with Gasteiger partial charge in [-0.1, -0.05) is 18.2 Å². The Labute approximate surface area is 147 Å². The van der Waals surface area contributed by atoms with E-state index in [0.717, 1.165) is 22.6 Å². The van der Waals surface area contributed by atoms with Gasteiger partial charge >= 0.3 is 5.97 Å². The Morgan fingerprint density at radius 3 is 2.60 bits per heavy atom. The number of para-hydroxylation sites is 1. The molecule has 1 N–H and O–H groups in total. The molecule has 0 bridgehead atoms. The Kier molecular flexibility index (Phi) is 6.11. The third-order valence-electron chi connectivity index (χ3n) is 3.75. The molecular weight excluding hydrogens is 318 g/mol. The molecule has 6 heteroatoms. The zero-order valence-electron chi connectivity index (χ0n) is 14.9. The zero-order valence-corrected chi connectivity index (χ0v) is 14.9. The molecule has 0 unspecified atom stereocenters. The maximum Gasteiger partial charge on any atom is 0.331 e. The van der Waals surface area contributed by atoms with Crippen LogP contribution < -0.4 is 5.32 Å². The molecule has 0 aliphatic rings. The molecule has 6 nitrogen and oxygen atoms in total. The Balaban J connectivity index is 2.12. The van der Waals surface area contributed by atoms with Crippen LogP contribution in [0.1, 0.15) is 30.8 Å². The van der Waals surface area contributed by atoms with E-state index in [2.05, 4.69) is 10.4 Å². The summed E-state index contributed by atoms with van der Waals surface area (Å²) in [5.41, 5.74) is 3.54. The number of amides is 1. The first kappa shape index (κ1) is 18.4. The number of likely N-dealkylation sites (N-methyl/N-ethyl adjacent to an activating group) is 1. The van der Waals surface area contributed by atoms with E-state index < -0.39 is 12.1 Å². The number of aromatic nitrogens is 2. The highest BCUT2D eigenvalue weighted by Gasteiger charge is 2.16. The fourth-order valence-corrected chi connectivity index (χ4v) is 2.45. The maximum atomic E-state index is 11.9. The Hall–Kier alpha value is -2.89. The number of esters is 1. The molecule has 0 fully saturated rings. The molecule has 132 valence electrons. The van der Waals surface area contributed by atoms with Gasteiger partial charge in [-0.15, -0.1) is 0 Å². The monoisotopic (exact) mass is 341 g/mol. The predicted molar refractivity (Wildman–Crippen MR) is 96.3 cm³/mol. The molecule has 0 saturated carbocycles. The first-order chi connectivity index (χ1) is 11.9. The second kappa shape index (κ2) is 8.28. The van der Waals surface area contributed by atoms with Crippen LogP contribution in [0, 0.1) is 13.8 Å². The van der Waals surface area contributed by atoms with Gasteiger partial charge in [0.1, 0.15) is 0 Å². The normalized spacial score (nSPS) is 12.2. The largest absolute Gasteiger partial charge is 0.449 e. The summed E-state index contributed by atoms with van der Waals surface area (Å²) in [7, 11) is 0. The van der Waals surface area contributed by atoms with Crippen molar-refractivity contribution in [3.05, 3.63) is 53.4 Å². The van der Waals surface area contributed by atoms with Gasteiger partial charge in [-0.2, -0.15) is 5.10 Å². The lowest BCUT2D eigenvalue weighted by molar-refractivity contribution is -0.150. The zero-order chi connectivity index (χ0) is 18.4. The molecule has 1 aromatic carbocycles. The molecule has 1 amide bonds. The number of ether oxygens (including phenoxy) is 1. The van der Waals surface area contributed by atoms with E-state index in [-0.39, 0.29) is 5.91 Å². The van der Waals surface area contributed by atoms with Crippen LogP contribution >= 0.6 is 0 Å². The molecule has 2 aromatic rings. The Bertz CT molecular complexity index is 779. The first-order valence-electron chi connectivity index (χ1n) is 8.22. The lowest BCUT2D eigenvalue weighted by Gasteiger charge is -2.10. The SMILES string of the molecule is CCNC(=O)[C@@H](C)OC(=O)/C=C/c1c(C)nn(-c2ccccc2)c1C. The van der Waals surface area contributed by atoms with E-state index in [1.54, 1.807) is 13.0 Å². The average Bonchev–Trinajstić information content (AvgIpc) is 2.88. The second-order valence-corrected chi connectivity index (χ2v) is 5.64. The highest BCUT2D eigenvalue weighted by atomic mass is 16.5. The second-order valence-electron chi connectivity index (χ2n) is 5.64. The van der Waals surface area contributed by atoms with Crippen molar-refractivity contribution in [1.29, 1.82) is 0 Å². The van der Waals surface area contributed by atoms with Crippen molar-refractivity contribution in [2.45, 2.75) is 33.8 Å². The van der Waals surface area contributed by atoms with Gasteiger partial charge in [-0.05, 0) is 45.9 Å². The number of hydrogen-bond donors (Lipinski definition) is 1. The summed E-state index contributed by atoms with van der Waals surface area (Å²) < 4.78 is 6.92. The molecule has 0 spiro atoms. The van der Waals surface area contributed by atoms with Crippen LogP contribution in [0.4, 0.5) is 0 Å². The van der Waals surface area contributed by atoms with Crippen LogP contribution in [0.3, 0.4) is 0 Å². The van der Waals surface area contributed by atoms with Crippen LogP contribution in [0.15, 0.2) is 36.4 Å². The van der Waals surface area contributed by atoms with E-state index in [1.165, 1.54) is 6.08 Å². The number of aryl methyl sites for hydroxylation is 1. The van der Waals surface area contributed by atoms with Gasteiger partial charge < -0.3 is 10.1 Å². The number of hydrogen-bond acceptors (Lipinski definition) is 4. The minimum atomic E-state index is -0.827. The topological polar surface area (TPSA) is 73.2 Å². The van der Waals surface area contributed by atoms with Crippen LogP contribution in [0.5, 0.6) is 0 Å². The molecule has 25 heavy (non-hydrogen) atoms. The first-order valence-corrected chi connectivity index (χ1v) is 8.22. The molecule has 0 saturated heterocycles. The third-order valence-corrected chi connectivity index (χ3v) is 3.75. The van der Waals surface area contributed by atoms with E-state index in [0.29, 0.717) is 6.54 Å². The number of carbonyl (C=O) groups is 2. The molecule has 0 aliphatic carbocycles. The molecule has 1 aromatic heterocycles. The molecule has 1 heterocycles. The summed E-state index contributed by atoms with van der Waals surface area (Å²) in [5, 5.41) is 7.13. The van der Waals surface area contributed by atoms with Gasteiger partial charge in [0.25, 0.3) is 5.91 Å². The lowest BCUT2D eigenvalue weighted by atomic mass is 10.2. The van der Waals surface area contributed by atoms with Crippen LogP contribution in [0.25, 0.3) is 11.8 Å². The number of nitrogens with zero attached hydrogens (tertiary/aromatic N) is 2. The fourth-order valence-electron chi connectivity index (χ4n) is 2.45. The van der Waals surface area contributed by atoms with Gasteiger partial charge in [0.05, 0.1) is 11.4 Å². The standard InChI is InChI=1S/C19H23N3O3/c1-5-20-19(24)15(4)25-18(23)12-11-17-13(2)21-22(14(17)3)16-9-7-6-8-10-16/h6-12,15H,5H2,1-4H3,(H,20,24)/b12-11+/t15-/m1/s1. The minimum absolute atomic E-state index is 0.312.